The number of hydrogen-bond donors (Lipinski definition) is 2. The molecule has 0 amide bonds. The van der Waals surface area contributed by atoms with Gasteiger partial charge in [0.25, 0.3) is 0 Å². The van der Waals surface area contributed by atoms with Gasteiger partial charge >= 0.3 is 0 Å². The van der Waals surface area contributed by atoms with Crippen molar-refractivity contribution in [2.75, 3.05) is 0 Å². The molecule has 27 heavy (non-hydrogen) atoms. The van der Waals surface area contributed by atoms with Crippen LogP contribution in [0.3, 0.4) is 0 Å². The summed E-state index contributed by atoms with van der Waals surface area (Å²) in [6.07, 6.45) is 0.961. The molecule has 1 atom stereocenters. The van der Waals surface area contributed by atoms with Crippen LogP contribution in [-0.4, -0.2) is 10.2 Å². The summed E-state index contributed by atoms with van der Waals surface area (Å²) in [6.45, 7) is 4.16. The number of benzene rings is 2. The van der Waals surface area contributed by atoms with Crippen LogP contribution in [0.1, 0.15) is 35.1 Å². The van der Waals surface area contributed by atoms with Gasteiger partial charge in [0, 0.05) is 5.56 Å². The number of H-pyrrole nitrogens is 1. The first-order chi connectivity index (χ1) is 13.1. The standard InChI is InChI=1S/C22H20N4O/c1-3-14-6-10-15(11-7-14)18-17(12-23)21(24)27-22-19(18)20(25-26-22)16-8-4-13(2)5-9-16/h4-11,18H,3,24H2,1-2H3,(H,25,26)/t18-/m0/s1. The van der Waals surface area contributed by atoms with Gasteiger partial charge < -0.3 is 10.5 Å². The monoisotopic (exact) mass is 356 g/mol. The molecule has 0 unspecified atom stereocenters. The highest BCUT2D eigenvalue weighted by atomic mass is 16.5. The summed E-state index contributed by atoms with van der Waals surface area (Å²) < 4.78 is 5.65. The van der Waals surface area contributed by atoms with Gasteiger partial charge in [-0.05, 0) is 24.5 Å². The topological polar surface area (TPSA) is 87.7 Å². The van der Waals surface area contributed by atoms with E-state index in [-0.39, 0.29) is 11.8 Å². The Labute approximate surface area is 158 Å². The number of nitrogens with two attached hydrogens (primary N) is 1. The third-order valence-electron chi connectivity index (χ3n) is 5.00. The number of ether oxygens (including phenoxy) is 1. The van der Waals surface area contributed by atoms with Crippen LogP contribution in [0.5, 0.6) is 5.88 Å². The Morgan fingerprint density at radius 1 is 1.15 bits per heavy atom. The summed E-state index contributed by atoms with van der Waals surface area (Å²) in [7, 11) is 0. The Bertz CT molecular complexity index is 1050. The molecule has 1 aliphatic heterocycles. The van der Waals surface area contributed by atoms with Crippen molar-refractivity contribution in [3.05, 3.63) is 82.2 Å². The molecular weight excluding hydrogens is 336 g/mol. The molecule has 5 nitrogen and oxygen atoms in total. The van der Waals surface area contributed by atoms with Gasteiger partial charge in [-0.3, -0.25) is 5.10 Å². The number of nitriles is 1. The van der Waals surface area contributed by atoms with Crippen molar-refractivity contribution < 1.29 is 4.74 Å². The lowest BCUT2D eigenvalue weighted by Gasteiger charge is -2.24. The number of allylic oxidation sites excluding steroid dienone is 1. The van der Waals surface area contributed by atoms with E-state index in [9.17, 15) is 5.26 Å². The van der Waals surface area contributed by atoms with Crippen LogP contribution in [0.15, 0.2) is 60.0 Å². The van der Waals surface area contributed by atoms with Gasteiger partial charge in [0.1, 0.15) is 11.6 Å². The quantitative estimate of drug-likeness (QED) is 0.737. The zero-order chi connectivity index (χ0) is 19.0. The second kappa shape index (κ2) is 6.65. The average Bonchev–Trinajstić information content (AvgIpc) is 3.11. The fourth-order valence-corrected chi connectivity index (χ4v) is 3.46. The number of nitrogens with zero attached hydrogens (tertiary/aromatic N) is 2. The highest BCUT2D eigenvalue weighted by molar-refractivity contribution is 5.71. The van der Waals surface area contributed by atoms with E-state index in [2.05, 4.69) is 47.5 Å². The van der Waals surface area contributed by atoms with Crippen LogP contribution in [0.25, 0.3) is 11.3 Å². The van der Waals surface area contributed by atoms with E-state index >= 15 is 0 Å². The summed E-state index contributed by atoms with van der Waals surface area (Å²) in [5, 5.41) is 17.1. The van der Waals surface area contributed by atoms with Crippen LogP contribution in [0, 0.1) is 18.3 Å². The number of fused-ring (bicyclic) bond motifs is 1. The number of aryl methyl sites for hydroxylation is 2. The minimum absolute atomic E-state index is 0.108. The first-order valence-corrected chi connectivity index (χ1v) is 8.94. The molecule has 2 heterocycles. The van der Waals surface area contributed by atoms with Crippen molar-refractivity contribution in [2.24, 2.45) is 5.73 Å². The van der Waals surface area contributed by atoms with E-state index in [4.69, 9.17) is 10.5 Å². The van der Waals surface area contributed by atoms with Crippen molar-refractivity contribution in [3.63, 3.8) is 0 Å². The van der Waals surface area contributed by atoms with Gasteiger partial charge in [0.15, 0.2) is 0 Å². The Kier molecular flexibility index (Phi) is 4.17. The fourth-order valence-electron chi connectivity index (χ4n) is 3.46. The van der Waals surface area contributed by atoms with Crippen molar-refractivity contribution in [1.29, 1.82) is 5.26 Å². The van der Waals surface area contributed by atoms with Gasteiger partial charge in [-0.2, -0.15) is 5.26 Å². The first-order valence-electron chi connectivity index (χ1n) is 8.94. The Hall–Kier alpha value is -3.52. The molecule has 0 radical (unpaired) electrons. The molecule has 0 fully saturated rings. The van der Waals surface area contributed by atoms with Crippen molar-refractivity contribution in [3.8, 4) is 23.2 Å². The van der Waals surface area contributed by atoms with Gasteiger partial charge in [-0.1, -0.05) is 61.0 Å². The molecule has 3 aromatic rings. The summed E-state index contributed by atoms with van der Waals surface area (Å²) in [6, 6.07) is 18.7. The molecule has 0 saturated heterocycles. The molecule has 0 aliphatic carbocycles. The summed E-state index contributed by atoms with van der Waals surface area (Å²) >= 11 is 0. The minimum atomic E-state index is -0.320. The van der Waals surface area contributed by atoms with E-state index in [1.165, 1.54) is 11.1 Å². The molecule has 3 N–H and O–H groups in total. The van der Waals surface area contributed by atoms with E-state index < -0.39 is 0 Å². The predicted molar refractivity (Wildman–Crippen MR) is 104 cm³/mol. The van der Waals surface area contributed by atoms with Gasteiger partial charge in [0.05, 0.1) is 17.2 Å². The maximum Gasteiger partial charge on any atom is 0.244 e. The van der Waals surface area contributed by atoms with E-state index in [0.717, 1.165) is 28.8 Å². The normalized spacial score (nSPS) is 15.8. The second-order valence-electron chi connectivity index (χ2n) is 6.70. The van der Waals surface area contributed by atoms with Crippen LogP contribution < -0.4 is 10.5 Å². The molecule has 0 bridgehead atoms. The Morgan fingerprint density at radius 3 is 2.48 bits per heavy atom. The van der Waals surface area contributed by atoms with E-state index in [1.54, 1.807) is 0 Å². The van der Waals surface area contributed by atoms with Crippen LogP contribution >= 0.6 is 0 Å². The molecule has 1 aliphatic rings. The molecule has 1 aromatic heterocycles. The van der Waals surface area contributed by atoms with Crippen molar-refractivity contribution >= 4 is 0 Å². The highest BCUT2D eigenvalue weighted by Crippen LogP contribution is 2.45. The lowest BCUT2D eigenvalue weighted by molar-refractivity contribution is 0.379. The molecular formula is C22H20N4O. The Balaban J connectivity index is 1.90. The van der Waals surface area contributed by atoms with Gasteiger partial charge in [0.2, 0.25) is 11.8 Å². The maximum atomic E-state index is 9.76. The number of hydrogen-bond acceptors (Lipinski definition) is 4. The summed E-state index contributed by atoms with van der Waals surface area (Å²) in [5.41, 5.74) is 12.5. The molecule has 134 valence electrons. The summed E-state index contributed by atoms with van der Waals surface area (Å²) in [5.74, 6) is 0.211. The molecule has 5 heteroatoms. The second-order valence-corrected chi connectivity index (χ2v) is 6.70. The number of aromatic amines is 1. The minimum Gasteiger partial charge on any atom is -0.420 e. The fraction of sp³-hybridized carbons (Fsp3) is 0.182. The predicted octanol–water partition coefficient (Wildman–Crippen LogP) is 4.17. The van der Waals surface area contributed by atoms with Gasteiger partial charge in [-0.15, -0.1) is 5.10 Å². The zero-order valence-electron chi connectivity index (χ0n) is 15.3. The smallest absolute Gasteiger partial charge is 0.244 e. The third-order valence-corrected chi connectivity index (χ3v) is 5.00. The lowest BCUT2D eigenvalue weighted by Crippen LogP contribution is -2.21. The molecule has 4 rings (SSSR count). The van der Waals surface area contributed by atoms with Crippen LogP contribution in [0.2, 0.25) is 0 Å². The molecule has 0 spiro atoms. The van der Waals surface area contributed by atoms with Gasteiger partial charge in [-0.25, -0.2) is 0 Å². The largest absolute Gasteiger partial charge is 0.420 e. The van der Waals surface area contributed by atoms with E-state index in [0.29, 0.717) is 11.5 Å². The van der Waals surface area contributed by atoms with Crippen LogP contribution in [-0.2, 0) is 6.42 Å². The van der Waals surface area contributed by atoms with Crippen LogP contribution in [0.4, 0.5) is 0 Å². The van der Waals surface area contributed by atoms with Crippen molar-refractivity contribution in [1.82, 2.24) is 10.2 Å². The maximum absolute atomic E-state index is 9.76. The lowest BCUT2D eigenvalue weighted by atomic mass is 9.82. The third kappa shape index (κ3) is 2.85. The molecule has 2 aromatic carbocycles. The number of rotatable bonds is 3. The number of aromatic nitrogens is 2. The zero-order valence-corrected chi connectivity index (χ0v) is 15.3. The average molecular weight is 356 g/mol. The van der Waals surface area contributed by atoms with E-state index in [1.807, 2.05) is 31.2 Å². The Morgan fingerprint density at radius 2 is 1.85 bits per heavy atom. The summed E-state index contributed by atoms with van der Waals surface area (Å²) in [4.78, 5) is 0. The van der Waals surface area contributed by atoms with Crippen molar-refractivity contribution in [2.45, 2.75) is 26.2 Å². The molecule has 0 saturated carbocycles. The SMILES string of the molecule is CCc1ccc([C@H]2C(C#N)=C(N)Oc3n[nH]c(-c4ccc(C)cc4)c32)cc1. The number of nitrogens with one attached hydrogen (secondary N) is 1. The highest BCUT2D eigenvalue weighted by Gasteiger charge is 2.35. The first kappa shape index (κ1) is 16.9.